The monoisotopic (exact) mass is 708 g/mol. The van der Waals surface area contributed by atoms with E-state index in [9.17, 15) is 0 Å². The number of hydrogen-bond donors (Lipinski definition) is 0. The maximum Gasteiger partial charge on any atom is 0.0887 e. The average molecular weight is 709 g/mol. The van der Waals surface area contributed by atoms with Crippen molar-refractivity contribution in [2.75, 3.05) is 4.90 Å². The molecule has 5 aromatic carbocycles. The van der Waals surface area contributed by atoms with Crippen molar-refractivity contribution < 1.29 is 0 Å². The Balaban J connectivity index is 1.61. The third kappa shape index (κ3) is 7.46. The minimum Gasteiger partial charge on any atom is -0.309 e. The van der Waals surface area contributed by atoms with Crippen molar-refractivity contribution >= 4 is 39.6 Å². The van der Waals surface area contributed by atoms with E-state index in [1.807, 2.05) is 0 Å². The van der Waals surface area contributed by atoms with Crippen molar-refractivity contribution in [2.24, 2.45) is 0 Å². The summed E-state index contributed by atoms with van der Waals surface area (Å²) < 4.78 is 2.37. The van der Waals surface area contributed by atoms with Gasteiger partial charge in [0.1, 0.15) is 0 Å². The van der Waals surface area contributed by atoms with Crippen LogP contribution in [0.2, 0.25) is 5.02 Å². The largest absolute Gasteiger partial charge is 0.309 e. The summed E-state index contributed by atoms with van der Waals surface area (Å²) in [5.74, 6) is 0. The van der Waals surface area contributed by atoms with Crippen LogP contribution >= 0.6 is 11.6 Å². The maximum absolute atomic E-state index is 7.76. The van der Waals surface area contributed by atoms with Crippen molar-refractivity contribution in [1.29, 1.82) is 0 Å². The van der Waals surface area contributed by atoms with Crippen molar-refractivity contribution in [3.63, 3.8) is 0 Å². The molecule has 6 aromatic rings. The first kappa shape index (κ1) is 37.5. The molecule has 270 valence electrons. The number of nitrogens with zero attached hydrogens (tertiary/aromatic N) is 2. The van der Waals surface area contributed by atoms with Crippen LogP contribution in [0.3, 0.4) is 0 Å². The minimum atomic E-state index is 0.0323. The first-order chi connectivity index (χ1) is 24.1. The van der Waals surface area contributed by atoms with Gasteiger partial charge in [0.2, 0.25) is 0 Å². The molecule has 0 amide bonds. The van der Waals surface area contributed by atoms with Crippen LogP contribution in [0.1, 0.15) is 111 Å². The predicted octanol–water partition coefficient (Wildman–Crippen LogP) is 14.9. The van der Waals surface area contributed by atoms with Gasteiger partial charge in [-0.3, -0.25) is 0 Å². The lowest BCUT2D eigenvalue weighted by atomic mass is 9.86. The number of fused-ring (bicyclic) bond motifs is 1. The van der Waals surface area contributed by atoms with Crippen LogP contribution in [0, 0.1) is 6.92 Å². The number of anilines is 3. The Bertz CT molecular complexity index is 2150. The van der Waals surface area contributed by atoms with E-state index in [1.54, 1.807) is 0 Å². The molecule has 0 aliphatic rings. The quantitative estimate of drug-likeness (QED) is 0.173. The normalized spacial score (nSPS) is 12.8. The summed E-state index contributed by atoms with van der Waals surface area (Å²) in [5.41, 5.74) is 14.0. The van der Waals surface area contributed by atoms with E-state index >= 15 is 0 Å². The highest BCUT2D eigenvalue weighted by molar-refractivity contribution is 6.35. The van der Waals surface area contributed by atoms with E-state index in [4.69, 9.17) is 11.6 Å². The summed E-state index contributed by atoms with van der Waals surface area (Å²) >= 11 is 7.76. The van der Waals surface area contributed by atoms with Gasteiger partial charge < -0.3 is 9.47 Å². The van der Waals surface area contributed by atoms with Crippen LogP contribution in [-0.2, 0) is 21.7 Å². The zero-order valence-corrected chi connectivity index (χ0v) is 34.4. The Kier molecular flexibility index (Phi) is 9.59. The second-order valence-electron chi connectivity index (χ2n) is 18.8. The Hall–Kier alpha value is -4.27. The minimum absolute atomic E-state index is 0.0323. The summed E-state index contributed by atoms with van der Waals surface area (Å²) in [7, 11) is 0. The van der Waals surface area contributed by atoms with Crippen LogP contribution < -0.4 is 4.90 Å². The molecular formula is C49H57ClN2. The molecule has 0 radical (unpaired) electrons. The molecule has 0 bridgehead atoms. The van der Waals surface area contributed by atoms with E-state index in [1.165, 1.54) is 27.6 Å². The molecule has 6 rings (SSSR count). The summed E-state index contributed by atoms with van der Waals surface area (Å²) in [6, 6.07) is 40.7. The molecule has 52 heavy (non-hydrogen) atoms. The fourth-order valence-electron chi connectivity index (χ4n) is 7.00. The molecule has 0 N–H and O–H groups in total. The molecule has 0 spiro atoms. The van der Waals surface area contributed by atoms with Gasteiger partial charge in [-0.2, -0.15) is 0 Å². The van der Waals surface area contributed by atoms with Crippen LogP contribution in [0.15, 0.2) is 109 Å². The van der Waals surface area contributed by atoms with Gasteiger partial charge in [-0.05, 0) is 117 Å². The molecule has 0 fully saturated rings. The lowest BCUT2D eigenvalue weighted by Crippen LogP contribution is -2.15. The topological polar surface area (TPSA) is 8.17 Å². The van der Waals surface area contributed by atoms with Gasteiger partial charge in [-0.15, -0.1) is 0 Å². The molecule has 0 aliphatic heterocycles. The molecule has 0 saturated carbocycles. The summed E-state index contributed by atoms with van der Waals surface area (Å²) in [6.07, 6.45) is 0. The van der Waals surface area contributed by atoms with Gasteiger partial charge >= 0.3 is 0 Å². The summed E-state index contributed by atoms with van der Waals surface area (Å²) in [5, 5.41) is 1.91. The van der Waals surface area contributed by atoms with Crippen LogP contribution in [0.4, 0.5) is 17.1 Å². The van der Waals surface area contributed by atoms with Gasteiger partial charge in [-0.1, -0.05) is 149 Å². The Labute approximate surface area is 318 Å². The first-order valence-corrected chi connectivity index (χ1v) is 19.1. The zero-order valence-electron chi connectivity index (χ0n) is 33.7. The third-order valence-corrected chi connectivity index (χ3v) is 10.7. The number of aryl methyl sites for hydroxylation is 1. The molecule has 2 nitrogen and oxygen atoms in total. The van der Waals surface area contributed by atoms with Crippen LogP contribution in [-0.4, -0.2) is 4.57 Å². The molecule has 0 aliphatic carbocycles. The lowest BCUT2D eigenvalue weighted by Gasteiger charge is -2.30. The molecule has 3 heteroatoms. The molecule has 1 heterocycles. The van der Waals surface area contributed by atoms with E-state index in [2.05, 4.69) is 209 Å². The molecule has 0 atom stereocenters. The number of aromatic nitrogens is 1. The Morgan fingerprint density at radius 2 is 0.904 bits per heavy atom. The highest BCUT2D eigenvalue weighted by Gasteiger charge is 2.25. The average Bonchev–Trinajstić information content (AvgIpc) is 3.44. The van der Waals surface area contributed by atoms with Crippen molar-refractivity contribution in [2.45, 2.75) is 112 Å². The number of benzene rings is 5. The van der Waals surface area contributed by atoms with Crippen LogP contribution in [0.25, 0.3) is 27.8 Å². The highest BCUT2D eigenvalue weighted by Crippen LogP contribution is 2.45. The van der Waals surface area contributed by atoms with E-state index in [0.717, 1.165) is 45.1 Å². The zero-order chi connectivity index (χ0) is 38.0. The summed E-state index contributed by atoms with van der Waals surface area (Å²) in [4.78, 5) is 2.32. The van der Waals surface area contributed by atoms with Crippen molar-refractivity contribution in [1.82, 2.24) is 4.57 Å². The molecular weight excluding hydrogens is 652 g/mol. The fraction of sp³-hybridized carbons (Fsp3) is 0.347. The van der Waals surface area contributed by atoms with Crippen molar-refractivity contribution in [3.05, 3.63) is 142 Å². The lowest BCUT2D eigenvalue weighted by molar-refractivity contribution is 0.590. The second kappa shape index (κ2) is 13.3. The van der Waals surface area contributed by atoms with Gasteiger partial charge in [0.15, 0.2) is 0 Å². The van der Waals surface area contributed by atoms with Gasteiger partial charge in [0, 0.05) is 16.8 Å². The SMILES string of the molecule is Cc1cc(N(c2ccc(C(C)(C)C)cc2)c2ccc(C(C)(C)C)cc2)c(Cl)c(-n2c(-c3ccc(C(C)(C)C)cc3)cc3cc(C(C)(C)C)ccc32)c1. The Morgan fingerprint density at radius 1 is 0.481 bits per heavy atom. The first-order valence-electron chi connectivity index (χ1n) is 18.7. The van der Waals surface area contributed by atoms with E-state index in [0.29, 0.717) is 5.02 Å². The predicted molar refractivity (Wildman–Crippen MR) is 228 cm³/mol. The second-order valence-corrected chi connectivity index (χ2v) is 19.1. The maximum atomic E-state index is 7.76. The highest BCUT2D eigenvalue weighted by atomic mass is 35.5. The van der Waals surface area contributed by atoms with E-state index in [-0.39, 0.29) is 21.7 Å². The van der Waals surface area contributed by atoms with Gasteiger partial charge in [-0.25, -0.2) is 0 Å². The Morgan fingerprint density at radius 3 is 1.35 bits per heavy atom. The summed E-state index contributed by atoms with van der Waals surface area (Å²) in [6.45, 7) is 29.3. The smallest absolute Gasteiger partial charge is 0.0887 e. The van der Waals surface area contributed by atoms with Crippen LogP contribution in [0.5, 0.6) is 0 Å². The molecule has 1 aromatic heterocycles. The number of halogens is 1. The standard InChI is InChI=1S/C49H57ClN2/c1-32-28-43(51(39-23-18-36(19-24-39)47(5,6)7)40-25-20-37(21-26-40)48(8,9)10)45(50)44(29-32)52-41-27-22-38(49(11,12)13)30-34(41)31-42(52)33-14-16-35(17-15-33)46(2,3)4/h14-31H,1-13H3. The number of hydrogen-bond acceptors (Lipinski definition) is 1. The molecule has 0 unspecified atom stereocenters. The van der Waals surface area contributed by atoms with E-state index < -0.39 is 0 Å². The third-order valence-electron chi connectivity index (χ3n) is 10.4. The van der Waals surface area contributed by atoms with Gasteiger partial charge in [0.05, 0.1) is 27.6 Å². The van der Waals surface area contributed by atoms with Gasteiger partial charge in [0.25, 0.3) is 0 Å². The number of rotatable bonds is 5. The fourth-order valence-corrected chi connectivity index (χ4v) is 7.28. The molecule has 0 saturated heterocycles. The van der Waals surface area contributed by atoms with Crippen molar-refractivity contribution in [3.8, 4) is 16.9 Å².